The summed E-state index contributed by atoms with van der Waals surface area (Å²) in [6.45, 7) is 2.69. The minimum absolute atomic E-state index is 0.0817. The number of halogens is 2. The summed E-state index contributed by atoms with van der Waals surface area (Å²) in [5.74, 6) is 0. The first kappa shape index (κ1) is 11.9. The van der Waals surface area contributed by atoms with Crippen LogP contribution >= 0.6 is 23.2 Å². The standard InChI is InChI=1S/C12H12Cl2N4/c1-8-4-15-11(13)17-10(8)9-5-16-18(6-9)7-12(14)2-3-12/h4-6H,2-3,7H2,1H3. The second kappa shape index (κ2) is 4.21. The van der Waals surface area contributed by atoms with Crippen molar-refractivity contribution in [3.05, 3.63) is 29.4 Å². The summed E-state index contributed by atoms with van der Waals surface area (Å²) in [7, 11) is 0. The Bertz CT molecular complexity index is 590. The van der Waals surface area contributed by atoms with Crippen LogP contribution in [0.1, 0.15) is 18.4 Å². The fourth-order valence-electron chi connectivity index (χ4n) is 1.87. The third-order valence-electron chi connectivity index (χ3n) is 3.09. The van der Waals surface area contributed by atoms with Crippen LogP contribution < -0.4 is 0 Å². The van der Waals surface area contributed by atoms with Crippen molar-refractivity contribution in [2.24, 2.45) is 0 Å². The predicted molar refractivity (Wildman–Crippen MR) is 70.8 cm³/mol. The van der Waals surface area contributed by atoms with Gasteiger partial charge in [-0.3, -0.25) is 4.68 Å². The smallest absolute Gasteiger partial charge is 0.222 e. The lowest BCUT2D eigenvalue weighted by molar-refractivity contribution is 0.583. The van der Waals surface area contributed by atoms with Crippen molar-refractivity contribution >= 4 is 23.2 Å². The predicted octanol–water partition coefficient (Wildman–Crippen LogP) is 3.07. The molecule has 0 aliphatic heterocycles. The molecule has 2 aromatic heterocycles. The van der Waals surface area contributed by atoms with Gasteiger partial charge in [0.05, 0.1) is 23.3 Å². The Morgan fingerprint density at radius 2 is 2.17 bits per heavy atom. The molecule has 6 heteroatoms. The zero-order chi connectivity index (χ0) is 12.8. The van der Waals surface area contributed by atoms with E-state index < -0.39 is 0 Å². The Morgan fingerprint density at radius 3 is 2.89 bits per heavy atom. The topological polar surface area (TPSA) is 43.6 Å². The van der Waals surface area contributed by atoms with Crippen molar-refractivity contribution in [3.8, 4) is 11.3 Å². The molecule has 18 heavy (non-hydrogen) atoms. The van der Waals surface area contributed by atoms with E-state index >= 15 is 0 Å². The van der Waals surface area contributed by atoms with Crippen LogP contribution in [0.15, 0.2) is 18.6 Å². The molecule has 94 valence electrons. The third-order valence-corrected chi connectivity index (χ3v) is 3.77. The molecule has 1 fully saturated rings. The number of aromatic nitrogens is 4. The zero-order valence-electron chi connectivity index (χ0n) is 9.90. The van der Waals surface area contributed by atoms with Gasteiger partial charge in [-0.1, -0.05) is 0 Å². The Balaban J connectivity index is 1.90. The molecule has 0 spiro atoms. The van der Waals surface area contributed by atoms with Gasteiger partial charge in [0, 0.05) is 18.0 Å². The van der Waals surface area contributed by atoms with Crippen LogP contribution in [0.3, 0.4) is 0 Å². The number of aryl methyl sites for hydroxylation is 1. The van der Waals surface area contributed by atoms with Crippen LogP contribution in [-0.2, 0) is 6.54 Å². The van der Waals surface area contributed by atoms with Gasteiger partial charge in [-0.15, -0.1) is 11.6 Å². The van der Waals surface area contributed by atoms with Crippen molar-refractivity contribution in [1.82, 2.24) is 19.7 Å². The van der Waals surface area contributed by atoms with Crippen LogP contribution in [-0.4, -0.2) is 24.6 Å². The van der Waals surface area contributed by atoms with Gasteiger partial charge in [-0.2, -0.15) is 5.10 Å². The molecule has 0 amide bonds. The summed E-state index contributed by atoms with van der Waals surface area (Å²) in [6.07, 6.45) is 7.57. The molecule has 0 aromatic carbocycles. The number of rotatable bonds is 3. The highest BCUT2D eigenvalue weighted by Gasteiger charge is 2.41. The van der Waals surface area contributed by atoms with Crippen LogP contribution in [0, 0.1) is 6.92 Å². The Hall–Kier alpha value is -1.13. The van der Waals surface area contributed by atoms with Gasteiger partial charge < -0.3 is 0 Å². The first-order valence-corrected chi connectivity index (χ1v) is 6.52. The summed E-state index contributed by atoms with van der Waals surface area (Å²) in [5.41, 5.74) is 2.74. The highest BCUT2D eigenvalue weighted by Crippen LogP contribution is 2.43. The van der Waals surface area contributed by atoms with E-state index in [2.05, 4.69) is 15.1 Å². The Morgan fingerprint density at radius 1 is 1.39 bits per heavy atom. The second-order valence-corrected chi connectivity index (χ2v) is 5.89. The molecule has 0 N–H and O–H groups in total. The Labute approximate surface area is 115 Å². The molecule has 0 bridgehead atoms. The van der Waals surface area contributed by atoms with Crippen LogP contribution in [0.5, 0.6) is 0 Å². The third kappa shape index (κ3) is 2.35. The van der Waals surface area contributed by atoms with E-state index in [-0.39, 0.29) is 10.2 Å². The number of alkyl halides is 1. The summed E-state index contributed by atoms with van der Waals surface area (Å²) in [5, 5.41) is 4.57. The van der Waals surface area contributed by atoms with Crippen LogP contribution in [0.2, 0.25) is 5.28 Å². The average Bonchev–Trinajstić information content (AvgIpc) is 2.88. The van der Waals surface area contributed by atoms with E-state index in [1.165, 1.54) is 0 Å². The minimum Gasteiger partial charge on any atom is -0.270 e. The van der Waals surface area contributed by atoms with Crippen molar-refractivity contribution < 1.29 is 0 Å². The molecule has 0 radical (unpaired) electrons. The van der Waals surface area contributed by atoms with Crippen molar-refractivity contribution in [2.75, 3.05) is 0 Å². The van der Waals surface area contributed by atoms with Crippen molar-refractivity contribution in [2.45, 2.75) is 31.2 Å². The number of hydrogen-bond donors (Lipinski definition) is 0. The fourth-order valence-corrected chi connectivity index (χ4v) is 2.22. The molecule has 3 rings (SSSR count). The van der Waals surface area contributed by atoms with Gasteiger partial charge in [0.2, 0.25) is 5.28 Å². The molecule has 0 saturated heterocycles. The van der Waals surface area contributed by atoms with Gasteiger partial charge in [0.15, 0.2) is 0 Å². The average molecular weight is 283 g/mol. The van der Waals surface area contributed by atoms with E-state index in [1.807, 2.05) is 17.8 Å². The minimum atomic E-state index is -0.0817. The quantitative estimate of drug-likeness (QED) is 0.642. The second-order valence-electron chi connectivity index (χ2n) is 4.75. The molecule has 0 atom stereocenters. The maximum Gasteiger partial charge on any atom is 0.222 e. The molecular formula is C12H12Cl2N4. The highest BCUT2D eigenvalue weighted by atomic mass is 35.5. The molecule has 4 nitrogen and oxygen atoms in total. The van der Waals surface area contributed by atoms with Gasteiger partial charge in [-0.25, -0.2) is 9.97 Å². The molecule has 1 aliphatic rings. The Kier molecular flexibility index (Phi) is 2.79. The SMILES string of the molecule is Cc1cnc(Cl)nc1-c1cnn(CC2(Cl)CC2)c1. The lowest BCUT2D eigenvalue weighted by atomic mass is 10.2. The lowest BCUT2D eigenvalue weighted by Crippen LogP contribution is -2.11. The molecule has 2 heterocycles. The molecular weight excluding hydrogens is 271 g/mol. The summed E-state index contributed by atoms with van der Waals surface area (Å²) >= 11 is 12.1. The summed E-state index contributed by atoms with van der Waals surface area (Å²) in [4.78, 5) is 8.10. The van der Waals surface area contributed by atoms with E-state index in [0.29, 0.717) is 0 Å². The number of nitrogens with zero attached hydrogens (tertiary/aromatic N) is 4. The first-order valence-electron chi connectivity index (χ1n) is 5.77. The summed E-state index contributed by atoms with van der Waals surface area (Å²) < 4.78 is 1.87. The van der Waals surface area contributed by atoms with Crippen molar-refractivity contribution in [3.63, 3.8) is 0 Å². The fraction of sp³-hybridized carbons (Fsp3) is 0.417. The number of hydrogen-bond acceptors (Lipinski definition) is 3. The largest absolute Gasteiger partial charge is 0.270 e. The van der Waals surface area contributed by atoms with Crippen LogP contribution in [0.25, 0.3) is 11.3 Å². The van der Waals surface area contributed by atoms with Gasteiger partial charge in [0.25, 0.3) is 0 Å². The first-order chi connectivity index (χ1) is 8.56. The molecule has 0 unspecified atom stereocenters. The molecule has 1 saturated carbocycles. The van der Waals surface area contributed by atoms with E-state index in [1.54, 1.807) is 12.4 Å². The van der Waals surface area contributed by atoms with Crippen molar-refractivity contribution in [1.29, 1.82) is 0 Å². The van der Waals surface area contributed by atoms with Crippen LogP contribution in [0.4, 0.5) is 0 Å². The normalized spacial score (nSPS) is 16.8. The van der Waals surface area contributed by atoms with E-state index in [0.717, 1.165) is 36.2 Å². The molecule has 1 aliphatic carbocycles. The van der Waals surface area contributed by atoms with Gasteiger partial charge in [0.1, 0.15) is 0 Å². The summed E-state index contributed by atoms with van der Waals surface area (Å²) in [6, 6.07) is 0. The van der Waals surface area contributed by atoms with Gasteiger partial charge in [-0.05, 0) is 36.9 Å². The van der Waals surface area contributed by atoms with E-state index in [9.17, 15) is 0 Å². The maximum absolute atomic E-state index is 6.28. The van der Waals surface area contributed by atoms with E-state index in [4.69, 9.17) is 23.2 Å². The van der Waals surface area contributed by atoms with Gasteiger partial charge >= 0.3 is 0 Å². The maximum atomic E-state index is 6.28. The highest BCUT2D eigenvalue weighted by molar-refractivity contribution is 6.28. The molecule has 2 aromatic rings. The monoisotopic (exact) mass is 282 g/mol. The lowest BCUT2D eigenvalue weighted by Gasteiger charge is -2.05. The zero-order valence-corrected chi connectivity index (χ0v) is 11.4.